The SMILES string of the molecule is C=CC[C@@H]1C=CCCCC[C@H]1O. The molecular weight excluding hydrogens is 148 g/mol. The lowest BCUT2D eigenvalue weighted by Gasteiger charge is -2.20. The minimum absolute atomic E-state index is 0.153. The molecule has 0 spiro atoms. The van der Waals surface area contributed by atoms with Crippen molar-refractivity contribution in [2.75, 3.05) is 0 Å². The average Bonchev–Trinajstić information content (AvgIpc) is 2.05. The van der Waals surface area contributed by atoms with Gasteiger partial charge in [0.2, 0.25) is 0 Å². The minimum Gasteiger partial charge on any atom is -0.393 e. The van der Waals surface area contributed by atoms with E-state index >= 15 is 0 Å². The Kier molecular flexibility index (Phi) is 4.09. The zero-order chi connectivity index (χ0) is 8.81. The highest BCUT2D eigenvalue weighted by molar-refractivity contribution is 4.96. The van der Waals surface area contributed by atoms with Crippen LogP contribution in [0.5, 0.6) is 0 Å². The van der Waals surface area contributed by atoms with Crippen LogP contribution in [0.25, 0.3) is 0 Å². The summed E-state index contributed by atoms with van der Waals surface area (Å²) in [5.74, 6) is 0.308. The quantitative estimate of drug-likeness (QED) is 0.625. The van der Waals surface area contributed by atoms with Gasteiger partial charge in [-0.05, 0) is 25.7 Å². The van der Waals surface area contributed by atoms with Crippen LogP contribution in [0.2, 0.25) is 0 Å². The van der Waals surface area contributed by atoms with Crippen LogP contribution in [-0.4, -0.2) is 11.2 Å². The monoisotopic (exact) mass is 166 g/mol. The Labute approximate surface area is 74.8 Å². The summed E-state index contributed by atoms with van der Waals surface area (Å²) < 4.78 is 0. The van der Waals surface area contributed by atoms with Crippen LogP contribution < -0.4 is 0 Å². The van der Waals surface area contributed by atoms with Gasteiger partial charge >= 0.3 is 0 Å². The maximum atomic E-state index is 9.71. The number of allylic oxidation sites excluding steroid dienone is 2. The van der Waals surface area contributed by atoms with Crippen molar-refractivity contribution in [1.82, 2.24) is 0 Å². The molecule has 0 aromatic rings. The lowest BCUT2D eigenvalue weighted by Crippen LogP contribution is -2.18. The van der Waals surface area contributed by atoms with Gasteiger partial charge in [-0.1, -0.05) is 24.6 Å². The van der Waals surface area contributed by atoms with Crippen molar-refractivity contribution in [2.24, 2.45) is 5.92 Å². The molecular formula is C11H18O. The predicted octanol–water partition coefficient (Wildman–Crippen LogP) is 2.67. The largest absolute Gasteiger partial charge is 0.393 e. The van der Waals surface area contributed by atoms with Crippen molar-refractivity contribution in [3.63, 3.8) is 0 Å². The smallest absolute Gasteiger partial charge is 0.0605 e. The second kappa shape index (κ2) is 5.15. The molecule has 0 aromatic heterocycles. The normalized spacial score (nSPS) is 30.8. The maximum absolute atomic E-state index is 9.71. The third-order valence-corrected chi connectivity index (χ3v) is 2.44. The molecule has 1 nitrogen and oxygen atoms in total. The van der Waals surface area contributed by atoms with Gasteiger partial charge in [0, 0.05) is 5.92 Å². The van der Waals surface area contributed by atoms with Gasteiger partial charge in [0.15, 0.2) is 0 Å². The summed E-state index contributed by atoms with van der Waals surface area (Å²) in [6.07, 6.45) is 11.5. The van der Waals surface area contributed by atoms with E-state index in [1.165, 1.54) is 12.8 Å². The van der Waals surface area contributed by atoms with E-state index in [9.17, 15) is 5.11 Å². The van der Waals surface area contributed by atoms with Gasteiger partial charge in [0.25, 0.3) is 0 Å². The topological polar surface area (TPSA) is 20.2 Å². The zero-order valence-corrected chi connectivity index (χ0v) is 7.58. The Hall–Kier alpha value is -0.560. The van der Waals surface area contributed by atoms with Gasteiger partial charge in [-0.2, -0.15) is 0 Å². The maximum Gasteiger partial charge on any atom is 0.0605 e. The fourth-order valence-corrected chi connectivity index (χ4v) is 1.66. The van der Waals surface area contributed by atoms with Crippen molar-refractivity contribution < 1.29 is 5.11 Å². The third kappa shape index (κ3) is 2.82. The van der Waals surface area contributed by atoms with Crippen molar-refractivity contribution >= 4 is 0 Å². The van der Waals surface area contributed by atoms with Gasteiger partial charge in [0.1, 0.15) is 0 Å². The van der Waals surface area contributed by atoms with Gasteiger partial charge in [-0.3, -0.25) is 0 Å². The second-order valence-corrected chi connectivity index (χ2v) is 3.47. The van der Waals surface area contributed by atoms with Gasteiger partial charge in [-0.15, -0.1) is 6.58 Å². The summed E-state index contributed by atoms with van der Waals surface area (Å²) in [5, 5.41) is 9.71. The van der Waals surface area contributed by atoms with E-state index in [4.69, 9.17) is 0 Å². The Morgan fingerprint density at radius 2 is 2.33 bits per heavy atom. The number of hydrogen-bond donors (Lipinski definition) is 1. The fraction of sp³-hybridized carbons (Fsp3) is 0.636. The highest BCUT2D eigenvalue weighted by atomic mass is 16.3. The molecule has 1 N–H and O–H groups in total. The molecule has 0 bridgehead atoms. The van der Waals surface area contributed by atoms with Crippen LogP contribution in [0.1, 0.15) is 32.1 Å². The predicted molar refractivity (Wildman–Crippen MR) is 51.9 cm³/mol. The molecule has 0 amide bonds. The first-order valence-corrected chi connectivity index (χ1v) is 4.80. The van der Waals surface area contributed by atoms with Crippen LogP contribution in [0.3, 0.4) is 0 Å². The molecule has 0 aliphatic heterocycles. The highest BCUT2D eigenvalue weighted by Crippen LogP contribution is 2.20. The van der Waals surface area contributed by atoms with E-state index in [-0.39, 0.29) is 6.10 Å². The molecule has 1 aliphatic rings. The van der Waals surface area contributed by atoms with E-state index in [2.05, 4.69) is 18.7 Å². The molecule has 0 aromatic carbocycles. The summed E-state index contributed by atoms with van der Waals surface area (Å²) in [5.41, 5.74) is 0. The van der Waals surface area contributed by atoms with E-state index in [0.29, 0.717) is 5.92 Å². The number of rotatable bonds is 2. The number of aliphatic hydroxyl groups excluding tert-OH is 1. The molecule has 2 atom stereocenters. The molecule has 0 saturated heterocycles. The van der Waals surface area contributed by atoms with Crippen LogP contribution in [0, 0.1) is 5.92 Å². The molecule has 1 aliphatic carbocycles. The van der Waals surface area contributed by atoms with E-state index in [1.54, 1.807) is 0 Å². The van der Waals surface area contributed by atoms with Gasteiger partial charge < -0.3 is 5.11 Å². The second-order valence-electron chi connectivity index (χ2n) is 3.47. The average molecular weight is 166 g/mol. The lowest BCUT2D eigenvalue weighted by molar-refractivity contribution is 0.117. The number of hydrogen-bond acceptors (Lipinski definition) is 1. The Morgan fingerprint density at radius 3 is 3.08 bits per heavy atom. The van der Waals surface area contributed by atoms with E-state index < -0.39 is 0 Å². The summed E-state index contributed by atoms with van der Waals surface area (Å²) in [4.78, 5) is 0. The molecule has 1 rings (SSSR count). The first-order valence-electron chi connectivity index (χ1n) is 4.80. The summed E-state index contributed by atoms with van der Waals surface area (Å²) in [6.45, 7) is 3.70. The molecule has 0 saturated carbocycles. The fourth-order valence-electron chi connectivity index (χ4n) is 1.66. The molecule has 0 heterocycles. The molecule has 12 heavy (non-hydrogen) atoms. The van der Waals surface area contributed by atoms with Crippen molar-refractivity contribution in [3.8, 4) is 0 Å². The summed E-state index contributed by atoms with van der Waals surface area (Å²) in [7, 11) is 0. The zero-order valence-electron chi connectivity index (χ0n) is 7.58. The van der Waals surface area contributed by atoms with Gasteiger partial charge in [0.05, 0.1) is 6.10 Å². The van der Waals surface area contributed by atoms with Crippen molar-refractivity contribution in [2.45, 2.75) is 38.2 Å². The van der Waals surface area contributed by atoms with E-state index in [0.717, 1.165) is 19.3 Å². The molecule has 0 fully saturated rings. The van der Waals surface area contributed by atoms with Crippen LogP contribution >= 0.6 is 0 Å². The molecule has 68 valence electrons. The number of aliphatic hydroxyl groups is 1. The third-order valence-electron chi connectivity index (χ3n) is 2.44. The van der Waals surface area contributed by atoms with Crippen LogP contribution in [0.4, 0.5) is 0 Å². The van der Waals surface area contributed by atoms with E-state index in [1.807, 2.05) is 6.08 Å². The first kappa shape index (κ1) is 9.53. The Morgan fingerprint density at radius 1 is 1.50 bits per heavy atom. The lowest BCUT2D eigenvalue weighted by atomic mass is 9.91. The van der Waals surface area contributed by atoms with Crippen molar-refractivity contribution in [3.05, 3.63) is 24.8 Å². The van der Waals surface area contributed by atoms with Crippen LogP contribution in [-0.2, 0) is 0 Å². The summed E-state index contributed by atoms with van der Waals surface area (Å²) >= 11 is 0. The Bertz CT molecular complexity index is 160. The Balaban J connectivity index is 2.51. The van der Waals surface area contributed by atoms with Crippen molar-refractivity contribution in [1.29, 1.82) is 0 Å². The van der Waals surface area contributed by atoms with Gasteiger partial charge in [-0.25, -0.2) is 0 Å². The molecule has 1 heteroatoms. The highest BCUT2D eigenvalue weighted by Gasteiger charge is 2.15. The van der Waals surface area contributed by atoms with Crippen LogP contribution in [0.15, 0.2) is 24.8 Å². The molecule has 0 radical (unpaired) electrons. The standard InChI is InChI=1S/C11H18O/c1-2-7-10-8-5-3-4-6-9-11(10)12/h2,5,8,10-12H,1,3-4,6-7,9H2/t10-,11-/m1/s1. The molecule has 0 unspecified atom stereocenters. The minimum atomic E-state index is -0.153. The summed E-state index contributed by atoms with van der Waals surface area (Å²) in [6, 6.07) is 0. The first-order chi connectivity index (χ1) is 5.84.